The van der Waals surface area contributed by atoms with Gasteiger partial charge in [-0.3, -0.25) is 4.68 Å². The van der Waals surface area contributed by atoms with Gasteiger partial charge in [0, 0.05) is 12.4 Å². The molecule has 114 valence electrons. The number of carbonyl (C=O) groups is 1. The first-order chi connectivity index (χ1) is 10.5. The third-order valence-corrected chi connectivity index (χ3v) is 3.44. The first kappa shape index (κ1) is 14.1. The van der Waals surface area contributed by atoms with Gasteiger partial charge >= 0.3 is 6.03 Å². The van der Waals surface area contributed by atoms with Gasteiger partial charge in [0.05, 0.1) is 29.9 Å². The fourth-order valence-electron chi connectivity index (χ4n) is 2.35. The number of anilines is 1. The Kier molecular flexibility index (Phi) is 3.54. The summed E-state index contributed by atoms with van der Waals surface area (Å²) < 4.78 is 6.97. The van der Waals surface area contributed by atoms with E-state index < -0.39 is 0 Å². The minimum Gasteiger partial charge on any atom is -0.467 e. The predicted octanol–water partition coefficient (Wildman–Crippen LogP) is 2.75. The minimum absolute atomic E-state index is 0.216. The molecule has 0 saturated carbocycles. The Morgan fingerprint density at radius 3 is 3.00 bits per heavy atom. The third-order valence-electron chi connectivity index (χ3n) is 3.44. The van der Waals surface area contributed by atoms with Crippen molar-refractivity contribution in [3.8, 4) is 0 Å². The van der Waals surface area contributed by atoms with Gasteiger partial charge in [0.2, 0.25) is 0 Å². The highest BCUT2D eigenvalue weighted by atomic mass is 16.3. The molecular weight excluding hydrogens is 282 g/mol. The second-order valence-corrected chi connectivity index (χ2v) is 5.14. The molecule has 0 aromatic carbocycles. The van der Waals surface area contributed by atoms with Crippen molar-refractivity contribution in [1.29, 1.82) is 0 Å². The summed E-state index contributed by atoms with van der Waals surface area (Å²) in [5, 5.41) is 10.8. The monoisotopic (exact) mass is 299 g/mol. The van der Waals surface area contributed by atoms with Gasteiger partial charge in [0.15, 0.2) is 5.65 Å². The maximum atomic E-state index is 12.0. The Hall–Kier alpha value is -2.83. The molecule has 7 heteroatoms. The van der Waals surface area contributed by atoms with Crippen molar-refractivity contribution < 1.29 is 9.21 Å². The lowest BCUT2D eigenvalue weighted by Crippen LogP contribution is -2.31. The van der Waals surface area contributed by atoms with Crippen LogP contribution in [0, 0.1) is 6.92 Å². The van der Waals surface area contributed by atoms with E-state index in [2.05, 4.69) is 20.7 Å². The lowest BCUT2D eigenvalue weighted by molar-refractivity contribution is 0.247. The summed E-state index contributed by atoms with van der Waals surface area (Å²) in [4.78, 5) is 16.4. The number of hydrogen-bond acceptors (Lipinski definition) is 4. The van der Waals surface area contributed by atoms with Crippen molar-refractivity contribution >= 4 is 22.8 Å². The van der Waals surface area contributed by atoms with Crippen LogP contribution in [0.2, 0.25) is 0 Å². The van der Waals surface area contributed by atoms with Gasteiger partial charge in [-0.2, -0.15) is 5.10 Å². The molecule has 3 rings (SSSR count). The van der Waals surface area contributed by atoms with E-state index in [1.54, 1.807) is 23.2 Å². The molecule has 0 aliphatic rings. The van der Waals surface area contributed by atoms with Gasteiger partial charge in [-0.15, -0.1) is 0 Å². The fourth-order valence-corrected chi connectivity index (χ4v) is 2.35. The zero-order chi connectivity index (χ0) is 15.7. The van der Waals surface area contributed by atoms with E-state index in [1.165, 1.54) is 0 Å². The van der Waals surface area contributed by atoms with Gasteiger partial charge in [-0.25, -0.2) is 9.78 Å². The average molecular weight is 299 g/mol. The van der Waals surface area contributed by atoms with E-state index in [1.807, 2.05) is 33.0 Å². The summed E-state index contributed by atoms with van der Waals surface area (Å²) in [6.45, 7) is 3.76. The van der Waals surface area contributed by atoms with Crippen molar-refractivity contribution in [2.24, 2.45) is 7.05 Å². The Morgan fingerprint density at radius 2 is 2.27 bits per heavy atom. The lowest BCUT2D eigenvalue weighted by atomic mass is 10.2. The molecule has 7 nitrogen and oxygen atoms in total. The van der Waals surface area contributed by atoms with Crippen LogP contribution in [0.25, 0.3) is 11.0 Å². The second kappa shape index (κ2) is 5.51. The number of urea groups is 1. The smallest absolute Gasteiger partial charge is 0.319 e. The molecule has 3 aromatic rings. The van der Waals surface area contributed by atoms with Crippen LogP contribution in [0.3, 0.4) is 0 Å². The summed E-state index contributed by atoms with van der Waals surface area (Å²) >= 11 is 0. The summed E-state index contributed by atoms with van der Waals surface area (Å²) in [6.07, 6.45) is 3.19. The Bertz CT molecular complexity index is 807. The number of nitrogens with one attached hydrogen (secondary N) is 2. The topological polar surface area (TPSA) is 85.0 Å². The van der Waals surface area contributed by atoms with Crippen LogP contribution in [0.1, 0.15) is 24.4 Å². The van der Waals surface area contributed by atoms with Crippen LogP contribution in [0.4, 0.5) is 10.5 Å². The van der Waals surface area contributed by atoms with Gasteiger partial charge < -0.3 is 15.1 Å². The molecule has 3 aromatic heterocycles. The molecule has 0 aliphatic carbocycles. The van der Waals surface area contributed by atoms with Crippen LogP contribution in [0.5, 0.6) is 0 Å². The molecule has 1 atom stereocenters. The van der Waals surface area contributed by atoms with E-state index in [4.69, 9.17) is 4.42 Å². The molecule has 0 saturated heterocycles. The molecule has 22 heavy (non-hydrogen) atoms. The number of pyridine rings is 1. The number of hydrogen-bond donors (Lipinski definition) is 2. The van der Waals surface area contributed by atoms with Crippen LogP contribution in [-0.4, -0.2) is 20.8 Å². The molecule has 0 spiro atoms. The zero-order valence-corrected chi connectivity index (χ0v) is 12.6. The molecule has 3 heterocycles. The van der Waals surface area contributed by atoms with Crippen molar-refractivity contribution in [2.45, 2.75) is 19.9 Å². The molecule has 2 N–H and O–H groups in total. The number of amides is 2. The number of aromatic nitrogens is 3. The molecule has 0 aliphatic heterocycles. The third kappa shape index (κ3) is 2.65. The van der Waals surface area contributed by atoms with Crippen LogP contribution >= 0.6 is 0 Å². The normalized spacial score (nSPS) is 12.3. The number of nitrogens with zero attached hydrogens (tertiary/aromatic N) is 3. The van der Waals surface area contributed by atoms with Gasteiger partial charge in [0.25, 0.3) is 0 Å². The van der Waals surface area contributed by atoms with Crippen molar-refractivity contribution in [1.82, 2.24) is 20.1 Å². The first-order valence-electron chi connectivity index (χ1n) is 6.95. The SMILES string of the molecule is Cc1nn(C)c2ncc(NC(=O)N[C@H](C)c3ccco3)cc12. The van der Waals surface area contributed by atoms with E-state index >= 15 is 0 Å². The summed E-state index contributed by atoms with van der Waals surface area (Å²) in [7, 11) is 1.84. The van der Waals surface area contributed by atoms with E-state index in [0.717, 1.165) is 16.7 Å². The number of furan rings is 1. The molecule has 0 unspecified atom stereocenters. The Morgan fingerprint density at radius 1 is 1.45 bits per heavy atom. The molecule has 0 radical (unpaired) electrons. The van der Waals surface area contributed by atoms with Gasteiger partial charge in [-0.05, 0) is 32.0 Å². The predicted molar refractivity (Wildman–Crippen MR) is 82.5 cm³/mol. The van der Waals surface area contributed by atoms with Crippen molar-refractivity contribution in [3.05, 3.63) is 42.1 Å². The number of carbonyl (C=O) groups excluding carboxylic acids is 1. The number of aryl methyl sites for hydroxylation is 2. The van der Waals surface area contributed by atoms with Gasteiger partial charge in [0.1, 0.15) is 5.76 Å². The largest absolute Gasteiger partial charge is 0.467 e. The van der Waals surface area contributed by atoms with Crippen molar-refractivity contribution in [2.75, 3.05) is 5.32 Å². The molecule has 2 amide bonds. The Labute approximate surface area is 127 Å². The van der Waals surface area contributed by atoms with Crippen LogP contribution < -0.4 is 10.6 Å². The highest BCUT2D eigenvalue weighted by Gasteiger charge is 2.13. The number of rotatable bonds is 3. The average Bonchev–Trinajstić information content (AvgIpc) is 3.08. The summed E-state index contributed by atoms with van der Waals surface area (Å²) in [6, 6.07) is 4.94. The highest BCUT2D eigenvalue weighted by Crippen LogP contribution is 2.19. The lowest BCUT2D eigenvalue weighted by Gasteiger charge is -2.12. The maximum Gasteiger partial charge on any atom is 0.319 e. The van der Waals surface area contributed by atoms with Crippen LogP contribution in [-0.2, 0) is 7.05 Å². The Balaban J connectivity index is 1.72. The minimum atomic E-state index is -0.313. The summed E-state index contributed by atoms with van der Waals surface area (Å²) in [5.74, 6) is 0.701. The quantitative estimate of drug-likeness (QED) is 0.778. The van der Waals surface area contributed by atoms with Gasteiger partial charge in [-0.1, -0.05) is 0 Å². The van der Waals surface area contributed by atoms with E-state index in [0.29, 0.717) is 11.4 Å². The fraction of sp³-hybridized carbons (Fsp3) is 0.267. The standard InChI is InChI=1S/C15H17N5O2/c1-9-12-7-11(8-16-14(12)20(3)19-9)18-15(21)17-10(2)13-5-4-6-22-13/h4-8,10H,1-3H3,(H2,17,18,21)/t10-/m1/s1. The van der Waals surface area contributed by atoms with Crippen LogP contribution in [0.15, 0.2) is 35.1 Å². The molecule has 0 fully saturated rings. The summed E-state index contributed by atoms with van der Waals surface area (Å²) in [5.41, 5.74) is 2.28. The number of fused-ring (bicyclic) bond motifs is 1. The maximum absolute atomic E-state index is 12.0. The zero-order valence-electron chi connectivity index (χ0n) is 12.6. The molecule has 0 bridgehead atoms. The second-order valence-electron chi connectivity index (χ2n) is 5.14. The van der Waals surface area contributed by atoms with E-state index in [-0.39, 0.29) is 12.1 Å². The van der Waals surface area contributed by atoms with E-state index in [9.17, 15) is 4.79 Å². The van der Waals surface area contributed by atoms with Crippen molar-refractivity contribution in [3.63, 3.8) is 0 Å². The highest BCUT2D eigenvalue weighted by molar-refractivity contribution is 5.92. The first-order valence-corrected chi connectivity index (χ1v) is 6.95. The molecular formula is C15H17N5O2.